The molecule has 0 aliphatic carbocycles. The van der Waals surface area contributed by atoms with Gasteiger partial charge in [0.2, 0.25) is 5.91 Å². The molecule has 198 valence electrons. The van der Waals surface area contributed by atoms with Crippen LogP contribution in [0.2, 0.25) is 0 Å². The van der Waals surface area contributed by atoms with E-state index in [2.05, 4.69) is 19.2 Å². The van der Waals surface area contributed by atoms with Crippen LogP contribution in [0.15, 0.2) is 0 Å². The fourth-order valence-electron chi connectivity index (χ4n) is 4.80. The quantitative estimate of drug-likeness (QED) is 0.149. The monoisotopic (exact) mass is 465 g/mol. The zero-order valence-electron chi connectivity index (χ0n) is 23.4. The van der Waals surface area contributed by atoms with Gasteiger partial charge < -0.3 is 5.32 Å². The minimum Gasteiger partial charge on any atom is -0.354 e. The lowest BCUT2D eigenvalue weighted by Crippen LogP contribution is -2.21. The third-order valence-electron chi connectivity index (χ3n) is 7.17. The summed E-state index contributed by atoms with van der Waals surface area (Å²) in [6.07, 6.45) is 37.1. The van der Waals surface area contributed by atoms with Crippen LogP contribution in [0.3, 0.4) is 0 Å². The van der Waals surface area contributed by atoms with E-state index in [-0.39, 0.29) is 5.91 Å². The van der Waals surface area contributed by atoms with Crippen molar-refractivity contribution in [1.29, 1.82) is 0 Å². The number of carbonyl (C=O) groups is 1. The molecule has 1 rings (SSSR count). The Morgan fingerprint density at radius 1 is 0.515 bits per heavy atom. The molecular weight excluding hydrogens is 402 g/mol. The Balaban J connectivity index is 0.00000123. The van der Waals surface area contributed by atoms with Crippen LogP contribution in [0, 0.1) is 0 Å². The third-order valence-corrected chi connectivity index (χ3v) is 7.17. The van der Waals surface area contributed by atoms with Crippen LogP contribution in [0.4, 0.5) is 0 Å². The van der Waals surface area contributed by atoms with E-state index in [4.69, 9.17) is 0 Å². The number of carbonyl (C=O) groups excluding carboxylic acids is 1. The lowest BCUT2D eigenvalue weighted by Gasteiger charge is -2.04. The molecule has 1 heterocycles. The summed E-state index contributed by atoms with van der Waals surface area (Å²) < 4.78 is 0. The molecule has 33 heavy (non-hydrogen) atoms. The van der Waals surface area contributed by atoms with E-state index in [1.807, 2.05) is 6.92 Å². The molecule has 1 aliphatic rings. The van der Waals surface area contributed by atoms with Crippen molar-refractivity contribution in [1.82, 2.24) is 5.32 Å². The smallest absolute Gasteiger partial charge is 0.220 e. The van der Waals surface area contributed by atoms with E-state index < -0.39 is 0 Å². The summed E-state index contributed by atoms with van der Waals surface area (Å²) in [5.41, 5.74) is 0. The molecular formula is C31H63NO. The summed E-state index contributed by atoms with van der Waals surface area (Å²) in [6.45, 7) is 6.62. The Morgan fingerprint density at radius 3 is 0.879 bits per heavy atom. The normalized spacial score (nSPS) is 15.4. The summed E-state index contributed by atoms with van der Waals surface area (Å²) >= 11 is 0. The lowest BCUT2D eigenvalue weighted by atomic mass is 10.0. The van der Waals surface area contributed by atoms with Gasteiger partial charge >= 0.3 is 0 Å². The highest BCUT2D eigenvalue weighted by Crippen LogP contribution is 2.15. The highest BCUT2D eigenvalue weighted by Gasteiger charge is 2.14. The molecule has 1 unspecified atom stereocenters. The fourth-order valence-corrected chi connectivity index (χ4v) is 4.80. The van der Waals surface area contributed by atoms with Crippen LogP contribution >= 0.6 is 0 Å². The van der Waals surface area contributed by atoms with Gasteiger partial charge in [-0.1, -0.05) is 168 Å². The Bertz CT molecular complexity index is 357. The van der Waals surface area contributed by atoms with Crippen LogP contribution in [0.1, 0.15) is 188 Å². The van der Waals surface area contributed by atoms with Gasteiger partial charge in [0.15, 0.2) is 0 Å². The second-order valence-electron chi connectivity index (χ2n) is 10.8. The Hall–Kier alpha value is -0.530. The molecule has 0 saturated carbocycles. The highest BCUT2D eigenvalue weighted by atomic mass is 16.1. The molecule has 0 aromatic rings. The first-order valence-corrected chi connectivity index (χ1v) is 15.5. The summed E-state index contributed by atoms with van der Waals surface area (Å²) in [5.74, 6) is 0.201. The first-order chi connectivity index (χ1) is 16.2. The molecule has 2 nitrogen and oxygen atoms in total. The van der Waals surface area contributed by atoms with Crippen molar-refractivity contribution in [3.63, 3.8) is 0 Å². The number of hydrogen-bond acceptors (Lipinski definition) is 1. The van der Waals surface area contributed by atoms with Crippen LogP contribution in [-0.2, 0) is 4.79 Å². The van der Waals surface area contributed by atoms with Gasteiger partial charge in [-0.3, -0.25) is 4.79 Å². The van der Waals surface area contributed by atoms with Crippen molar-refractivity contribution in [3.8, 4) is 0 Å². The van der Waals surface area contributed by atoms with Crippen LogP contribution < -0.4 is 5.32 Å². The SMILES string of the molecule is CC1CCC(=O)N1.CCCCCCCCCCCCCCCCCCCCCCCCCC. The van der Waals surface area contributed by atoms with Crippen LogP contribution in [0.25, 0.3) is 0 Å². The third kappa shape index (κ3) is 27.6. The van der Waals surface area contributed by atoms with Gasteiger partial charge in [-0.25, -0.2) is 0 Å². The van der Waals surface area contributed by atoms with Crippen molar-refractivity contribution in [2.45, 2.75) is 194 Å². The van der Waals surface area contributed by atoms with Gasteiger partial charge in [0, 0.05) is 12.5 Å². The standard InChI is InChI=1S/C26H54.C5H9NO/c1-3-5-7-9-11-13-15-17-19-21-23-25-26-24-22-20-18-16-14-12-10-8-6-4-2;1-4-2-3-5(7)6-4/h3-26H2,1-2H3;4H,2-3H2,1H3,(H,6,7). The minimum atomic E-state index is 0.201. The topological polar surface area (TPSA) is 29.1 Å². The second kappa shape index (κ2) is 27.7. The van der Waals surface area contributed by atoms with Crippen LogP contribution in [-0.4, -0.2) is 11.9 Å². The van der Waals surface area contributed by atoms with Gasteiger partial charge in [-0.2, -0.15) is 0 Å². The van der Waals surface area contributed by atoms with Crippen LogP contribution in [0.5, 0.6) is 0 Å². The van der Waals surface area contributed by atoms with Gasteiger partial charge in [0.05, 0.1) is 0 Å². The minimum absolute atomic E-state index is 0.201. The zero-order valence-corrected chi connectivity index (χ0v) is 23.4. The van der Waals surface area contributed by atoms with E-state index in [9.17, 15) is 4.79 Å². The molecule has 1 fully saturated rings. The maximum atomic E-state index is 10.3. The summed E-state index contributed by atoms with van der Waals surface area (Å²) in [6, 6.07) is 0.424. The molecule has 1 aliphatic heterocycles. The van der Waals surface area contributed by atoms with Crippen molar-refractivity contribution >= 4 is 5.91 Å². The summed E-state index contributed by atoms with van der Waals surface area (Å²) in [7, 11) is 0. The average Bonchev–Trinajstić information content (AvgIpc) is 3.20. The summed E-state index contributed by atoms with van der Waals surface area (Å²) in [4.78, 5) is 10.3. The number of unbranched alkanes of at least 4 members (excludes halogenated alkanes) is 23. The van der Waals surface area contributed by atoms with E-state index >= 15 is 0 Å². The van der Waals surface area contributed by atoms with Crippen molar-refractivity contribution in [3.05, 3.63) is 0 Å². The Morgan fingerprint density at radius 2 is 0.758 bits per heavy atom. The van der Waals surface area contributed by atoms with Gasteiger partial charge in [-0.15, -0.1) is 0 Å². The first-order valence-electron chi connectivity index (χ1n) is 15.5. The van der Waals surface area contributed by atoms with E-state index in [1.165, 1.54) is 154 Å². The highest BCUT2D eigenvalue weighted by molar-refractivity contribution is 5.78. The maximum Gasteiger partial charge on any atom is 0.220 e. The van der Waals surface area contributed by atoms with E-state index in [0.29, 0.717) is 6.04 Å². The predicted octanol–water partition coefficient (Wildman–Crippen LogP) is 10.7. The molecule has 0 aromatic heterocycles. The predicted molar refractivity (Wildman–Crippen MR) is 149 cm³/mol. The number of nitrogens with one attached hydrogen (secondary N) is 1. The second-order valence-corrected chi connectivity index (χ2v) is 10.8. The van der Waals surface area contributed by atoms with Gasteiger partial charge in [-0.05, 0) is 13.3 Å². The van der Waals surface area contributed by atoms with E-state index in [1.54, 1.807) is 0 Å². The van der Waals surface area contributed by atoms with Gasteiger partial charge in [0.25, 0.3) is 0 Å². The average molecular weight is 466 g/mol. The molecule has 0 spiro atoms. The number of amides is 1. The molecule has 1 atom stereocenters. The lowest BCUT2D eigenvalue weighted by molar-refractivity contribution is -0.119. The Labute approximate surface area is 209 Å². The van der Waals surface area contributed by atoms with Crippen molar-refractivity contribution < 1.29 is 4.79 Å². The first kappa shape index (κ1) is 32.5. The maximum absolute atomic E-state index is 10.3. The molecule has 1 N–H and O–H groups in total. The number of hydrogen-bond donors (Lipinski definition) is 1. The fraction of sp³-hybridized carbons (Fsp3) is 0.968. The molecule has 0 aromatic carbocycles. The zero-order chi connectivity index (χ0) is 24.2. The molecule has 0 bridgehead atoms. The summed E-state index contributed by atoms with van der Waals surface area (Å²) in [5, 5.41) is 2.78. The Kier molecular flexibility index (Phi) is 27.3. The molecule has 2 heteroatoms. The van der Waals surface area contributed by atoms with Crippen molar-refractivity contribution in [2.75, 3.05) is 0 Å². The molecule has 1 amide bonds. The largest absolute Gasteiger partial charge is 0.354 e. The van der Waals surface area contributed by atoms with Crippen molar-refractivity contribution in [2.24, 2.45) is 0 Å². The molecule has 0 radical (unpaired) electrons. The van der Waals surface area contributed by atoms with Gasteiger partial charge in [0.1, 0.15) is 0 Å². The number of rotatable bonds is 23. The van der Waals surface area contributed by atoms with E-state index in [0.717, 1.165) is 12.8 Å². The molecule has 1 saturated heterocycles.